The van der Waals surface area contributed by atoms with Crippen molar-refractivity contribution in [2.75, 3.05) is 0 Å². The fourth-order valence-corrected chi connectivity index (χ4v) is 2.19. The molecule has 0 saturated heterocycles. The Morgan fingerprint density at radius 2 is 1.68 bits per heavy atom. The number of hydrogen-bond donors (Lipinski definition) is 0. The molecule has 3 aromatic rings. The third-order valence-corrected chi connectivity index (χ3v) is 3.37. The van der Waals surface area contributed by atoms with Crippen LogP contribution in [0.4, 0.5) is 0 Å². The first-order valence-corrected chi connectivity index (χ1v) is 6.48. The van der Waals surface area contributed by atoms with Crippen LogP contribution in [0.25, 0.3) is 16.8 Å². The summed E-state index contributed by atoms with van der Waals surface area (Å²) in [6, 6.07) is 16.0. The Morgan fingerprint density at radius 3 is 2.42 bits per heavy atom. The Labute approximate surface area is 117 Å². The molecule has 1 aromatic heterocycles. The SMILES string of the molecule is Cc1ccccc1-n1cc(-c2ccc(Cl)cc2)cn1. The van der Waals surface area contributed by atoms with E-state index in [9.17, 15) is 0 Å². The van der Waals surface area contributed by atoms with Crippen molar-refractivity contribution in [2.45, 2.75) is 6.92 Å². The zero-order valence-corrected chi connectivity index (χ0v) is 11.3. The molecule has 0 radical (unpaired) electrons. The van der Waals surface area contributed by atoms with Crippen LogP contribution in [-0.2, 0) is 0 Å². The van der Waals surface area contributed by atoms with Gasteiger partial charge < -0.3 is 0 Å². The van der Waals surface area contributed by atoms with Gasteiger partial charge in [0.2, 0.25) is 0 Å². The largest absolute Gasteiger partial charge is 0.240 e. The molecule has 3 rings (SSSR count). The van der Waals surface area contributed by atoms with Gasteiger partial charge in [-0.1, -0.05) is 41.9 Å². The molecule has 0 saturated carbocycles. The van der Waals surface area contributed by atoms with Crippen molar-refractivity contribution in [3.8, 4) is 16.8 Å². The molecule has 0 N–H and O–H groups in total. The summed E-state index contributed by atoms with van der Waals surface area (Å²) in [5.74, 6) is 0. The Kier molecular flexibility index (Phi) is 3.10. The van der Waals surface area contributed by atoms with Crippen LogP contribution in [0.15, 0.2) is 60.9 Å². The third-order valence-electron chi connectivity index (χ3n) is 3.12. The maximum Gasteiger partial charge on any atom is 0.0674 e. The third kappa shape index (κ3) is 2.40. The minimum atomic E-state index is 0.745. The molecular weight excluding hydrogens is 256 g/mol. The van der Waals surface area contributed by atoms with Gasteiger partial charge in [0.25, 0.3) is 0 Å². The first-order chi connectivity index (χ1) is 9.24. The van der Waals surface area contributed by atoms with Gasteiger partial charge in [0.15, 0.2) is 0 Å². The second-order valence-corrected chi connectivity index (χ2v) is 4.90. The molecule has 2 aromatic carbocycles. The molecule has 3 heteroatoms. The smallest absolute Gasteiger partial charge is 0.0674 e. The van der Waals surface area contributed by atoms with Crippen LogP contribution in [0.2, 0.25) is 5.02 Å². The van der Waals surface area contributed by atoms with E-state index >= 15 is 0 Å². The predicted molar refractivity (Wildman–Crippen MR) is 78.7 cm³/mol. The highest BCUT2D eigenvalue weighted by molar-refractivity contribution is 6.30. The van der Waals surface area contributed by atoms with Gasteiger partial charge in [-0.25, -0.2) is 4.68 Å². The number of aromatic nitrogens is 2. The Bertz CT molecular complexity index is 699. The van der Waals surface area contributed by atoms with Crippen molar-refractivity contribution in [1.29, 1.82) is 0 Å². The van der Waals surface area contributed by atoms with Crippen LogP contribution >= 0.6 is 11.6 Å². The summed E-state index contributed by atoms with van der Waals surface area (Å²) in [6.07, 6.45) is 3.90. The molecule has 1 heterocycles. The monoisotopic (exact) mass is 268 g/mol. The Balaban J connectivity index is 2.00. The van der Waals surface area contributed by atoms with Crippen molar-refractivity contribution in [3.05, 3.63) is 71.5 Å². The molecule has 94 valence electrons. The molecule has 2 nitrogen and oxygen atoms in total. The summed E-state index contributed by atoms with van der Waals surface area (Å²) in [5.41, 5.74) is 4.50. The van der Waals surface area contributed by atoms with E-state index in [1.54, 1.807) is 0 Å². The topological polar surface area (TPSA) is 17.8 Å². The molecule has 0 atom stereocenters. The molecule has 19 heavy (non-hydrogen) atoms. The highest BCUT2D eigenvalue weighted by Crippen LogP contribution is 2.22. The summed E-state index contributed by atoms with van der Waals surface area (Å²) in [5, 5.41) is 5.18. The number of aryl methyl sites for hydroxylation is 1. The Hall–Kier alpha value is -2.06. The molecule has 0 spiro atoms. The van der Waals surface area contributed by atoms with Crippen LogP contribution in [0.5, 0.6) is 0 Å². The predicted octanol–water partition coefficient (Wildman–Crippen LogP) is 4.50. The minimum absolute atomic E-state index is 0.745. The van der Waals surface area contributed by atoms with E-state index in [-0.39, 0.29) is 0 Å². The number of benzene rings is 2. The summed E-state index contributed by atoms with van der Waals surface area (Å²) in [7, 11) is 0. The van der Waals surface area contributed by atoms with Crippen molar-refractivity contribution in [3.63, 3.8) is 0 Å². The first kappa shape index (κ1) is 12.0. The van der Waals surface area contributed by atoms with E-state index in [0.717, 1.165) is 21.8 Å². The molecular formula is C16H13ClN2. The van der Waals surface area contributed by atoms with Gasteiger partial charge in [0.05, 0.1) is 11.9 Å². The van der Waals surface area contributed by atoms with Crippen molar-refractivity contribution >= 4 is 11.6 Å². The number of halogens is 1. The van der Waals surface area contributed by atoms with Gasteiger partial charge in [0.1, 0.15) is 0 Å². The summed E-state index contributed by atoms with van der Waals surface area (Å²) in [4.78, 5) is 0. The molecule has 0 aliphatic heterocycles. The van der Waals surface area contributed by atoms with Crippen molar-refractivity contribution < 1.29 is 0 Å². The van der Waals surface area contributed by atoms with E-state index in [0.29, 0.717) is 0 Å². The normalized spacial score (nSPS) is 10.6. The van der Waals surface area contributed by atoms with Crippen LogP contribution in [0, 0.1) is 6.92 Å². The zero-order chi connectivity index (χ0) is 13.2. The van der Waals surface area contributed by atoms with E-state index in [1.807, 2.05) is 53.5 Å². The fourth-order valence-electron chi connectivity index (χ4n) is 2.07. The number of rotatable bonds is 2. The number of para-hydroxylation sites is 1. The number of nitrogens with zero attached hydrogens (tertiary/aromatic N) is 2. The van der Waals surface area contributed by atoms with E-state index in [1.165, 1.54) is 5.56 Å². The molecule has 0 fully saturated rings. The summed E-state index contributed by atoms with van der Waals surface area (Å²) >= 11 is 5.90. The lowest BCUT2D eigenvalue weighted by molar-refractivity contribution is 0.873. The Morgan fingerprint density at radius 1 is 0.947 bits per heavy atom. The average Bonchev–Trinajstić information content (AvgIpc) is 2.89. The molecule has 0 aliphatic rings. The summed E-state index contributed by atoms with van der Waals surface area (Å²) in [6.45, 7) is 2.08. The second kappa shape index (κ2) is 4.90. The maximum atomic E-state index is 5.90. The van der Waals surface area contributed by atoms with Gasteiger partial charge in [-0.2, -0.15) is 5.10 Å². The molecule has 0 aliphatic carbocycles. The van der Waals surface area contributed by atoms with Gasteiger partial charge >= 0.3 is 0 Å². The molecule has 0 amide bonds. The maximum absolute atomic E-state index is 5.90. The summed E-state index contributed by atoms with van der Waals surface area (Å²) < 4.78 is 1.90. The van der Waals surface area contributed by atoms with Gasteiger partial charge in [0, 0.05) is 16.8 Å². The van der Waals surface area contributed by atoms with Crippen LogP contribution in [0.3, 0.4) is 0 Å². The lowest BCUT2D eigenvalue weighted by atomic mass is 10.1. The van der Waals surface area contributed by atoms with E-state index in [4.69, 9.17) is 11.6 Å². The van der Waals surface area contributed by atoms with Gasteiger partial charge in [-0.05, 0) is 36.2 Å². The molecule has 0 bridgehead atoms. The van der Waals surface area contributed by atoms with Crippen LogP contribution in [0.1, 0.15) is 5.56 Å². The first-order valence-electron chi connectivity index (χ1n) is 6.11. The second-order valence-electron chi connectivity index (χ2n) is 4.47. The zero-order valence-electron chi connectivity index (χ0n) is 10.5. The highest BCUT2D eigenvalue weighted by Gasteiger charge is 2.05. The lowest BCUT2D eigenvalue weighted by Gasteiger charge is -2.04. The highest BCUT2D eigenvalue weighted by atomic mass is 35.5. The fraction of sp³-hybridized carbons (Fsp3) is 0.0625. The number of hydrogen-bond acceptors (Lipinski definition) is 1. The van der Waals surface area contributed by atoms with Crippen LogP contribution < -0.4 is 0 Å². The van der Waals surface area contributed by atoms with Crippen LogP contribution in [-0.4, -0.2) is 9.78 Å². The van der Waals surface area contributed by atoms with Crippen molar-refractivity contribution in [2.24, 2.45) is 0 Å². The van der Waals surface area contributed by atoms with Crippen molar-refractivity contribution in [1.82, 2.24) is 9.78 Å². The van der Waals surface area contributed by atoms with E-state index < -0.39 is 0 Å². The molecule has 0 unspecified atom stereocenters. The lowest BCUT2D eigenvalue weighted by Crippen LogP contribution is -1.96. The average molecular weight is 269 g/mol. The van der Waals surface area contributed by atoms with E-state index in [2.05, 4.69) is 24.2 Å². The standard InChI is InChI=1S/C16H13ClN2/c1-12-4-2-3-5-16(12)19-11-14(10-18-19)13-6-8-15(17)9-7-13/h2-11H,1H3. The quantitative estimate of drug-likeness (QED) is 0.669. The van der Waals surface area contributed by atoms with Gasteiger partial charge in [-0.3, -0.25) is 0 Å². The van der Waals surface area contributed by atoms with Gasteiger partial charge in [-0.15, -0.1) is 0 Å². The minimum Gasteiger partial charge on any atom is -0.240 e.